The molecule has 2 N–H and O–H groups in total. The zero-order valence-electron chi connectivity index (χ0n) is 19.9. The first-order valence-corrected chi connectivity index (χ1v) is 11.2. The Kier molecular flexibility index (Phi) is 8.17. The van der Waals surface area contributed by atoms with Crippen LogP contribution in [-0.4, -0.2) is 33.4 Å². The van der Waals surface area contributed by atoms with Crippen molar-refractivity contribution in [3.05, 3.63) is 71.1 Å². The molecule has 0 saturated heterocycles. The molecule has 0 atom stereocenters. The summed E-state index contributed by atoms with van der Waals surface area (Å²) in [6, 6.07) is 7.82. The standard InChI is InChI=1S/C25H22ClF3N4O4/c1-24(2,3)37-23(36)33-18-10-16(25(27,28)29)17(26)11-19(18)32-22(35)12-21(34)15-6-4-5-14(9-15)20-13-30-7-8-31-20/h4-11,13H,12H2,1-3H3,(H,32,35)(H,33,36). The molecule has 0 spiro atoms. The molecule has 0 radical (unpaired) electrons. The van der Waals surface area contributed by atoms with Crippen molar-refractivity contribution < 1.29 is 32.3 Å². The third-order valence-corrected chi connectivity index (χ3v) is 5.00. The van der Waals surface area contributed by atoms with Crippen molar-refractivity contribution in [3.8, 4) is 11.3 Å². The second-order valence-electron chi connectivity index (χ2n) is 8.82. The first-order chi connectivity index (χ1) is 17.2. The SMILES string of the molecule is CC(C)(C)OC(=O)Nc1cc(C(F)(F)F)c(Cl)cc1NC(=O)CC(=O)c1cccc(-c2cnccn2)c1. The van der Waals surface area contributed by atoms with Gasteiger partial charge >= 0.3 is 12.3 Å². The number of nitrogens with zero attached hydrogens (tertiary/aromatic N) is 2. The average Bonchev–Trinajstić information content (AvgIpc) is 2.79. The van der Waals surface area contributed by atoms with Gasteiger partial charge in [0.05, 0.1) is 40.3 Å². The highest BCUT2D eigenvalue weighted by Gasteiger charge is 2.34. The predicted molar refractivity (Wildman–Crippen MR) is 131 cm³/mol. The van der Waals surface area contributed by atoms with Crippen molar-refractivity contribution >= 4 is 40.8 Å². The Morgan fingerprint density at radius 2 is 1.70 bits per heavy atom. The molecule has 3 rings (SSSR count). The first-order valence-electron chi connectivity index (χ1n) is 10.8. The molecule has 0 unspecified atom stereocenters. The Balaban J connectivity index is 1.82. The molecule has 0 bridgehead atoms. The minimum atomic E-state index is -4.83. The molecule has 1 aromatic heterocycles. The number of benzene rings is 2. The molecule has 8 nitrogen and oxygen atoms in total. The van der Waals surface area contributed by atoms with Gasteiger partial charge < -0.3 is 10.1 Å². The van der Waals surface area contributed by atoms with Crippen LogP contribution in [0.5, 0.6) is 0 Å². The number of hydrogen-bond donors (Lipinski definition) is 2. The van der Waals surface area contributed by atoms with E-state index in [4.69, 9.17) is 16.3 Å². The summed E-state index contributed by atoms with van der Waals surface area (Å²) in [7, 11) is 0. The van der Waals surface area contributed by atoms with Crippen LogP contribution in [0.2, 0.25) is 5.02 Å². The topological polar surface area (TPSA) is 110 Å². The van der Waals surface area contributed by atoms with Crippen LogP contribution in [0.1, 0.15) is 43.1 Å². The van der Waals surface area contributed by atoms with Crippen molar-refractivity contribution in [2.24, 2.45) is 0 Å². The van der Waals surface area contributed by atoms with Gasteiger partial charge in [-0.15, -0.1) is 0 Å². The van der Waals surface area contributed by atoms with E-state index in [2.05, 4.69) is 20.6 Å². The second-order valence-corrected chi connectivity index (χ2v) is 9.23. The number of ether oxygens (including phenoxy) is 1. The van der Waals surface area contributed by atoms with E-state index < -0.39 is 52.3 Å². The van der Waals surface area contributed by atoms with Crippen LogP contribution in [0.25, 0.3) is 11.3 Å². The third-order valence-electron chi connectivity index (χ3n) is 4.69. The lowest BCUT2D eigenvalue weighted by molar-refractivity contribution is -0.137. The summed E-state index contributed by atoms with van der Waals surface area (Å²) in [6.07, 6.45) is -1.99. The predicted octanol–water partition coefficient (Wildman–Crippen LogP) is 6.37. The highest BCUT2D eigenvalue weighted by atomic mass is 35.5. The van der Waals surface area contributed by atoms with Gasteiger partial charge in [0.1, 0.15) is 5.60 Å². The summed E-state index contributed by atoms with van der Waals surface area (Å²) in [6.45, 7) is 4.72. The highest BCUT2D eigenvalue weighted by molar-refractivity contribution is 6.32. The molecule has 0 fully saturated rings. The van der Waals surface area contributed by atoms with Crippen LogP contribution < -0.4 is 10.6 Å². The molecule has 2 aromatic carbocycles. The van der Waals surface area contributed by atoms with Gasteiger partial charge in [0.15, 0.2) is 5.78 Å². The number of carbonyl (C=O) groups is 3. The Morgan fingerprint density at radius 3 is 2.32 bits per heavy atom. The molecular formula is C25H22ClF3N4O4. The Morgan fingerprint density at radius 1 is 1.00 bits per heavy atom. The van der Waals surface area contributed by atoms with E-state index in [1.54, 1.807) is 39.0 Å². The maximum absolute atomic E-state index is 13.4. The Bertz CT molecular complexity index is 1330. The molecule has 194 valence electrons. The highest BCUT2D eigenvalue weighted by Crippen LogP contribution is 2.39. The monoisotopic (exact) mass is 534 g/mol. The van der Waals surface area contributed by atoms with Gasteiger partial charge in [-0.2, -0.15) is 13.2 Å². The molecule has 2 amide bonds. The number of rotatable bonds is 6. The normalized spacial score (nSPS) is 11.5. The molecule has 37 heavy (non-hydrogen) atoms. The van der Waals surface area contributed by atoms with E-state index in [-0.39, 0.29) is 11.3 Å². The van der Waals surface area contributed by atoms with Gasteiger partial charge in [-0.1, -0.05) is 29.8 Å². The fraction of sp³-hybridized carbons (Fsp3) is 0.240. The molecule has 1 heterocycles. The summed E-state index contributed by atoms with van der Waals surface area (Å²) in [5.41, 5.74) is -1.45. The number of nitrogens with one attached hydrogen (secondary N) is 2. The summed E-state index contributed by atoms with van der Waals surface area (Å²) in [5, 5.41) is 3.82. The summed E-state index contributed by atoms with van der Waals surface area (Å²) >= 11 is 5.80. The minimum Gasteiger partial charge on any atom is -0.444 e. The molecular weight excluding hydrogens is 513 g/mol. The zero-order valence-corrected chi connectivity index (χ0v) is 20.7. The second kappa shape index (κ2) is 11.0. The molecule has 0 aliphatic heterocycles. The minimum absolute atomic E-state index is 0.218. The molecule has 3 aromatic rings. The number of hydrogen-bond acceptors (Lipinski definition) is 6. The average molecular weight is 535 g/mol. The lowest BCUT2D eigenvalue weighted by atomic mass is 10.0. The summed E-state index contributed by atoms with van der Waals surface area (Å²) < 4.78 is 45.2. The number of anilines is 2. The first kappa shape index (κ1) is 27.6. The van der Waals surface area contributed by atoms with Gasteiger partial charge in [-0.25, -0.2) is 4.79 Å². The largest absolute Gasteiger partial charge is 0.444 e. The van der Waals surface area contributed by atoms with E-state index in [1.807, 2.05) is 0 Å². The quantitative estimate of drug-likeness (QED) is 0.281. The van der Waals surface area contributed by atoms with E-state index in [1.165, 1.54) is 24.7 Å². The number of ketones is 1. The van der Waals surface area contributed by atoms with Crippen LogP contribution in [0.3, 0.4) is 0 Å². The Labute approximate surface area is 215 Å². The number of amides is 2. The number of aromatic nitrogens is 2. The summed E-state index contributed by atoms with van der Waals surface area (Å²) in [4.78, 5) is 45.7. The molecule has 0 saturated carbocycles. The zero-order chi connectivity index (χ0) is 27.4. The van der Waals surface area contributed by atoms with Crippen molar-refractivity contribution in [3.63, 3.8) is 0 Å². The van der Waals surface area contributed by atoms with Crippen LogP contribution in [0.15, 0.2) is 55.0 Å². The lowest BCUT2D eigenvalue weighted by Gasteiger charge is -2.21. The van der Waals surface area contributed by atoms with E-state index in [0.29, 0.717) is 17.3 Å². The van der Waals surface area contributed by atoms with E-state index in [0.717, 1.165) is 6.07 Å². The van der Waals surface area contributed by atoms with Crippen LogP contribution >= 0.6 is 11.6 Å². The van der Waals surface area contributed by atoms with Crippen LogP contribution in [0.4, 0.5) is 29.3 Å². The maximum Gasteiger partial charge on any atom is 0.417 e. The van der Waals surface area contributed by atoms with Gasteiger partial charge in [-0.05, 0) is 39.0 Å². The lowest BCUT2D eigenvalue weighted by Crippen LogP contribution is -2.28. The number of alkyl halides is 3. The summed E-state index contributed by atoms with van der Waals surface area (Å²) in [5.74, 6) is -1.39. The van der Waals surface area contributed by atoms with Crippen LogP contribution in [0, 0.1) is 0 Å². The molecule has 0 aliphatic carbocycles. The smallest absolute Gasteiger partial charge is 0.417 e. The number of carbonyl (C=O) groups excluding carboxylic acids is 3. The van der Waals surface area contributed by atoms with E-state index >= 15 is 0 Å². The number of Topliss-reactive ketones (excluding diaryl/α,β-unsaturated/α-hetero) is 1. The van der Waals surface area contributed by atoms with Gasteiger partial charge in [0.2, 0.25) is 5.91 Å². The molecule has 0 aliphatic rings. The van der Waals surface area contributed by atoms with Crippen molar-refractivity contribution in [1.82, 2.24) is 9.97 Å². The van der Waals surface area contributed by atoms with Crippen molar-refractivity contribution in [2.75, 3.05) is 10.6 Å². The maximum atomic E-state index is 13.4. The van der Waals surface area contributed by atoms with Gasteiger partial charge in [0.25, 0.3) is 0 Å². The van der Waals surface area contributed by atoms with Crippen molar-refractivity contribution in [2.45, 2.75) is 39.0 Å². The van der Waals surface area contributed by atoms with Crippen molar-refractivity contribution in [1.29, 1.82) is 0 Å². The fourth-order valence-corrected chi connectivity index (χ4v) is 3.42. The third kappa shape index (κ3) is 7.74. The van der Waals surface area contributed by atoms with Gasteiger partial charge in [0, 0.05) is 23.5 Å². The van der Waals surface area contributed by atoms with Gasteiger partial charge in [-0.3, -0.25) is 24.9 Å². The fourth-order valence-electron chi connectivity index (χ4n) is 3.15. The van der Waals surface area contributed by atoms with E-state index in [9.17, 15) is 27.6 Å². The Hall–Kier alpha value is -3.99. The van der Waals surface area contributed by atoms with Crippen LogP contribution in [-0.2, 0) is 15.7 Å². The molecule has 12 heteroatoms. The number of halogens is 4.